The molecule has 2 saturated carbocycles. The summed E-state index contributed by atoms with van der Waals surface area (Å²) in [7, 11) is 0. The molecule has 2 aliphatic rings. The predicted octanol–water partition coefficient (Wildman–Crippen LogP) is 1.80. The SMILES string of the molecule is CC(O)C(O)[C@H]1[C@@H]2CC[C@@H](C2)C1(C)C. The van der Waals surface area contributed by atoms with E-state index in [0.29, 0.717) is 11.8 Å². The molecule has 2 bridgehead atoms. The zero-order valence-electron chi connectivity index (χ0n) is 9.40. The van der Waals surface area contributed by atoms with Crippen LogP contribution in [0.1, 0.15) is 40.0 Å². The minimum Gasteiger partial charge on any atom is -0.391 e. The normalized spacial score (nSPS) is 43.9. The van der Waals surface area contributed by atoms with Gasteiger partial charge in [0.25, 0.3) is 0 Å². The van der Waals surface area contributed by atoms with Crippen LogP contribution >= 0.6 is 0 Å². The molecule has 0 spiro atoms. The Morgan fingerprint density at radius 3 is 2.29 bits per heavy atom. The van der Waals surface area contributed by atoms with Gasteiger partial charge in [-0.05, 0) is 49.4 Å². The first-order valence-corrected chi connectivity index (χ1v) is 5.80. The minimum atomic E-state index is -0.585. The number of hydrogen-bond acceptors (Lipinski definition) is 2. The largest absolute Gasteiger partial charge is 0.391 e. The number of hydrogen-bond donors (Lipinski definition) is 2. The van der Waals surface area contributed by atoms with Gasteiger partial charge in [-0.1, -0.05) is 13.8 Å². The molecule has 14 heavy (non-hydrogen) atoms. The molecule has 0 heterocycles. The summed E-state index contributed by atoms with van der Waals surface area (Å²) in [6.07, 6.45) is 2.73. The van der Waals surface area contributed by atoms with E-state index in [4.69, 9.17) is 0 Å². The van der Waals surface area contributed by atoms with Crippen molar-refractivity contribution in [3.8, 4) is 0 Å². The molecule has 2 nitrogen and oxygen atoms in total. The molecule has 0 radical (unpaired) electrons. The van der Waals surface area contributed by atoms with E-state index in [1.54, 1.807) is 6.92 Å². The van der Waals surface area contributed by atoms with Gasteiger partial charge in [0.15, 0.2) is 0 Å². The lowest BCUT2D eigenvalue weighted by molar-refractivity contribution is -0.0654. The Kier molecular flexibility index (Phi) is 2.39. The van der Waals surface area contributed by atoms with Gasteiger partial charge in [0.2, 0.25) is 0 Å². The molecular weight excluding hydrogens is 176 g/mol. The van der Waals surface area contributed by atoms with E-state index in [2.05, 4.69) is 13.8 Å². The summed E-state index contributed by atoms with van der Waals surface area (Å²) in [4.78, 5) is 0. The molecule has 0 aliphatic heterocycles. The van der Waals surface area contributed by atoms with Gasteiger partial charge in [0.1, 0.15) is 0 Å². The molecule has 82 valence electrons. The smallest absolute Gasteiger partial charge is 0.0832 e. The van der Waals surface area contributed by atoms with Crippen LogP contribution in [0.3, 0.4) is 0 Å². The number of aliphatic hydroxyl groups is 2. The van der Waals surface area contributed by atoms with Gasteiger partial charge in [-0.15, -0.1) is 0 Å². The highest BCUT2D eigenvalue weighted by molar-refractivity contribution is 5.04. The molecule has 2 N–H and O–H groups in total. The molecule has 0 aromatic carbocycles. The van der Waals surface area contributed by atoms with Crippen LogP contribution in [0.5, 0.6) is 0 Å². The van der Waals surface area contributed by atoms with Gasteiger partial charge in [-0.25, -0.2) is 0 Å². The Hall–Kier alpha value is -0.0800. The van der Waals surface area contributed by atoms with Crippen molar-refractivity contribution in [1.29, 1.82) is 0 Å². The van der Waals surface area contributed by atoms with Crippen LogP contribution in [0.4, 0.5) is 0 Å². The van der Waals surface area contributed by atoms with E-state index in [9.17, 15) is 10.2 Å². The predicted molar refractivity (Wildman–Crippen MR) is 55.8 cm³/mol. The third-order valence-electron chi connectivity index (χ3n) is 4.75. The first-order chi connectivity index (χ1) is 6.44. The fraction of sp³-hybridized carbons (Fsp3) is 1.00. The van der Waals surface area contributed by atoms with Crippen LogP contribution in [0.25, 0.3) is 0 Å². The number of aliphatic hydroxyl groups excluding tert-OH is 2. The molecule has 0 aromatic heterocycles. The lowest BCUT2D eigenvalue weighted by Gasteiger charge is -2.41. The van der Waals surface area contributed by atoms with E-state index in [-0.39, 0.29) is 5.41 Å². The van der Waals surface area contributed by atoms with Gasteiger partial charge >= 0.3 is 0 Å². The molecule has 2 fully saturated rings. The molecule has 0 saturated heterocycles. The summed E-state index contributed by atoms with van der Waals surface area (Å²) in [6, 6.07) is 0. The summed E-state index contributed by atoms with van der Waals surface area (Å²) >= 11 is 0. The zero-order chi connectivity index (χ0) is 10.5. The van der Waals surface area contributed by atoms with E-state index in [1.807, 2.05) is 0 Å². The van der Waals surface area contributed by atoms with E-state index in [1.165, 1.54) is 19.3 Å². The zero-order valence-corrected chi connectivity index (χ0v) is 9.40. The van der Waals surface area contributed by atoms with Crippen molar-refractivity contribution in [2.24, 2.45) is 23.2 Å². The third-order valence-corrected chi connectivity index (χ3v) is 4.75. The maximum Gasteiger partial charge on any atom is 0.0832 e. The average molecular weight is 198 g/mol. The fourth-order valence-corrected chi connectivity index (χ4v) is 3.92. The van der Waals surface area contributed by atoms with Gasteiger partial charge < -0.3 is 10.2 Å². The summed E-state index contributed by atoms with van der Waals surface area (Å²) in [6.45, 7) is 6.22. The molecule has 2 aliphatic carbocycles. The second-order valence-corrected chi connectivity index (χ2v) is 5.85. The number of fused-ring (bicyclic) bond motifs is 2. The Balaban J connectivity index is 2.19. The van der Waals surface area contributed by atoms with Crippen LogP contribution in [-0.4, -0.2) is 22.4 Å². The molecule has 0 amide bonds. The fourth-order valence-electron chi connectivity index (χ4n) is 3.92. The third kappa shape index (κ3) is 1.31. The average Bonchev–Trinajstić information content (AvgIpc) is 2.60. The second-order valence-electron chi connectivity index (χ2n) is 5.85. The standard InChI is InChI=1S/C12H22O2/c1-7(13)11(14)10-8-4-5-9(6-8)12(10,2)3/h7-11,13-14H,4-6H2,1-3H3/t7?,8-,9+,10-,11?/m1/s1. The molecule has 2 rings (SSSR count). The summed E-state index contributed by atoms with van der Waals surface area (Å²) in [5.41, 5.74) is 0.222. The van der Waals surface area contributed by atoms with Gasteiger partial charge in [0.05, 0.1) is 12.2 Å². The van der Waals surface area contributed by atoms with Crippen molar-refractivity contribution in [2.45, 2.75) is 52.2 Å². The highest BCUT2D eigenvalue weighted by atomic mass is 16.3. The van der Waals surface area contributed by atoms with E-state index < -0.39 is 12.2 Å². The monoisotopic (exact) mass is 198 g/mol. The maximum atomic E-state index is 10.0. The first kappa shape index (κ1) is 10.4. The van der Waals surface area contributed by atoms with Crippen LogP contribution in [0.2, 0.25) is 0 Å². The lowest BCUT2D eigenvalue weighted by atomic mass is 9.66. The van der Waals surface area contributed by atoms with Gasteiger partial charge in [0, 0.05) is 0 Å². The van der Waals surface area contributed by atoms with Crippen molar-refractivity contribution in [3.05, 3.63) is 0 Å². The Bertz CT molecular complexity index is 222. The van der Waals surface area contributed by atoms with E-state index in [0.717, 1.165) is 5.92 Å². The molecule has 2 heteroatoms. The summed E-state index contributed by atoms with van der Waals surface area (Å²) in [5, 5.41) is 19.5. The quantitative estimate of drug-likeness (QED) is 0.710. The lowest BCUT2D eigenvalue weighted by Crippen LogP contribution is -2.43. The first-order valence-electron chi connectivity index (χ1n) is 5.80. The van der Waals surface area contributed by atoms with Crippen LogP contribution in [-0.2, 0) is 0 Å². The van der Waals surface area contributed by atoms with Crippen LogP contribution in [0.15, 0.2) is 0 Å². The Morgan fingerprint density at radius 1 is 1.21 bits per heavy atom. The number of rotatable bonds is 2. The molecular formula is C12H22O2. The Labute approximate surface area is 86.3 Å². The topological polar surface area (TPSA) is 40.5 Å². The Morgan fingerprint density at radius 2 is 1.86 bits per heavy atom. The van der Waals surface area contributed by atoms with Gasteiger partial charge in [-0.2, -0.15) is 0 Å². The van der Waals surface area contributed by atoms with Crippen LogP contribution < -0.4 is 0 Å². The highest BCUT2D eigenvalue weighted by Crippen LogP contribution is 2.60. The minimum absolute atomic E-state index is 0.222. The highest BCUT2D eigenvalue weighted by Gasteiger charge is 2.55. The van der Waals surface area contributed by atoms with Crippen molar-refractivity contribution >= 4 is 0 Å². The summed E-state index contributed by atoms with van der Waals surface area (Å²) < 4.78 is 0. The molecule has 0 aromatic rings. The molecule has 2 unspecified atom stereocenters. The summed E-state index contributed by atoms with van der Waals surface area (Å²) in [5.74, 6) is 1.73. The van der Waals surface area contributed by atoms with Gasteiger partial charge in [-0.3, -0.25) is 0 Å². The van der Waals surface area contributed by atoms with Crippen molar-refractivity contribution in [3.63, 3.8) is 0 Å². The van der Waals surface area contributed by atoms with Crippen LogP contribution in [0, 0.1) is 23.2 Å². The van der Waals surface area contributed by atoms with Crippen molar-refractivity contribution in [2.75, 3.05) is 0 Å². The molecule has 5 atom stereocenters. The second kappa shape index (κ2) is 3.21. The maximum absolute atomic E-state index is 10.0. The van der Waals surface area contributed by atoms with E-state index >= 15 is 0 Å². The van der Waals surface area contributed by atoms with Crippen molar-refractivity contribution in [1.82, 2.24) is 0 Å². The van der Waals surface area contributed by atoms with Crippen molar-refractivity contribution < 1.29 is 10.2 Å².